The van der Waals surface area contributed by atoms with Crippen LogP contribution in [0.25, 0.3) is 0 Å². The van der Waals surface area contributed by atoms with Gasteiger partial charge in [-0.3, -0.25) is 10.1 Å². The Morgan fingerprint density at radius 1 is 1.37 bits per heavy atom. The van der Waals surface area contributed by atoms with Gasteiger partial charge in [0.05, 0.1) is 28.4 Å². The number of rotatable bonds is 6. The first-order chi connectivity index (χ1) is 12.6. The molecule has 1 aliphatic rings. The number of ether oxygens (including phenoxy) is 1. The maximum absolute atomic E-state index is 12.6. The Bertz CT molecular complexity index is 950. The Kier molecular flexibility index (Phi) is 6.32. The monoisotopic (exact) mass is 412 g/mol. The zero-order chi connectivity index (χ0) is 20.4. The fourth-order valence-electron chi connectivity index (χ4n) is 3.17. The molecule has 0 radical (unpaired) electrons. The Morgan fingerprint density at radius 3 is 2.52 bits per heavy atom. The highest BCUT2D eigenvalue weighted by molar-refractivity contribution is 7.98. The van der Waals surface area contributed by atoms with Gasteiger partial charge in [0.2, 0.25) is 0 Å². The van der Waals surface area contributed by atoms with Crippen molar-refractivity contribution in [2.45, 2.75) is 12.8 Å². The first kappa shape index (κ1) is 21.0. The summed E-state index contributed by atoms with van der Waals surface area (Å²) in [5.41, 5.74) is 0.734. The molecule has 0 fully saturated rings. The van der Waals surface area contributed by atoms with Gasteiger partial charge < -0.3 is 10.1 Å². The molecule has 0 bridgehead atoms. The van der Waals surface area contributed by atoms with Crippen LogP contribution in [0, 0.1) is 10.1 Å². The number of allylic oxidation sites excluding steroid dienone is 2. The number of thioether (sulfide) groups is 1. The van der Waals surface area contributed by atoms with Crippen molar-refractivity contribution in [1.29, 1.82) is 0 Å². The zero-order valence-electron chi connectivity index (χ0n) is 15.3. The molecule has 1 aromatic carbocycles. The molecular weight excluding hydrogens is 392 g/mol. The van der Waals surface area contributed by atoms with Gasteiger partial charge in [-0.2, -0.15) is 11.8 Å². The number of benzene rings is 1. The first-order valence-electron chi connectivity index (χ1n) is 7.84. The molecule has 1 N–H and O–H groups in total. The van der Waals surface area contributed by atoms with Crippen molar-refractivity contribution >= 4 is 33.3 Å². The number of nitro benzene ring substituents is 1. The predicted octanol–water partition coefficient (Wildman–Crippen LogP) is 2.35. The molecule has 0 amide bonds. The fraction of sp³-hybridized carbons (Fsp3) is 0.353. The van der Waals surface area contributed by atoms with Crippen LogP contribution in [-0.4, -0.2) is 44.7 Å². The van der Waals surface area contributed by atoms with E-state index in [0.29, 0.717) is 17.1 Å². The summed E-state index contributed by atoms with van der Waals surface area (Å²) in [7, 11) is -2.59. The molecule has 0 aliphatic carbocycles. The number of esters is 1. The molecule has 1 unspecified atom stereocenters. The highest BCUT2D eigenvalue weighted by atomic mass is 32.2. The number of carbonyl (C=O) groups is 1. The third-order valence-corrected chi connectivity index (χ3v) is 6.04. The first-order valence-corrected chi connectivity index (χ1v) is 11.1. The van der Waals surface area contributed by atoms with Gasteiger partial charge in [0, 0.05) is 35.0 Å². The number of hydrogen-bond acceptors (Lipinski definition) is 8. The summed E-state index contributed by atoms with van der Waals surface area (Å²) in [5.74, 6) is -1.48. The van der Waals surface area contributed by atoms with Crippen LogP contribution in [0.5, 0.6) is 0 Å². The topological polar surface area (TPSA) is 116 Å². The van der Waals surface area contributed by atoms with Crippen LogP contribution in [0.15, 0.2) is 46.1 Å². The number of carbonyl (C=O) groups excluding carboxylic acids is 1. The molecule has 1 aromatic rings. The Balaban J connectivity index is 2.91. The molecule has 0 saturated carbocycles. The third-order valence-electron chi connectivity index (χ3n) is 4.12. The van der Waals surface area contributed by atoms with Crippen LogP contribution >= 0.6 is 11.8 Å². The van der Waals surface area contributed by atoms with Gasteiger partial charge in [0.25, 0.3) is 5.69 Å². The number of hydrogen-bond donors (Lipinski definition) is 1. The lowest BCUT2D eigenvalue weighted by Crippen LogP contribution is -2.33. The van der Waals surface area contributed by atoms with Crippen molar-refractivity contribution in [3.8, 4) is 0 Å². The smallest absolute Gasteiger partial charge is 0.336 e. The predicted molar refractivity (Wildman–Crippen MR) is 104 cm³/mol. The summed E-state index contributed by atoms with van der Waals surface area (Å²) < 4.78 is 30.0. The second-order valence-corrected chi connectivity index (χ2v) is 8.80. The summed E-state index contributed by atoms with van der Waals surface area (Å²) in [6.07, 6.45) is 2.85. The van der Waals surface area contributed by atoms with Crippen LogP contribution in [0.2, 0.25) is 0 Å². The SMILES string of the molecule is COC(=O)C1=C(CSC)NC(C)=C(S(C)(=O)=O)C1c1ccccc1[N+](=O)[O-]. The van der Waals surface area contributed by atoms with E-state index in [9.17, 15) is 23.3 Å². The van der Waals surface area contributed by atoms with Crippen molar-refractivity contribution in [3.05, 3.63) is 61.8 Å². The van der Waals surface area contributed by atoms with Gasteiger partial charge >= 0.3 is 5.97 Å². The lowest BCUT2D eigenvalue weighted by atomic mass is 9.85. The van der Waals surface area contributed by atoms with E-state index in [4.69, 9.17) is 4.74 Å². The highest BCUT2D eigenvalue weighted by Crippen LogP contribution is 2.44. The van der Waals surface area contributed by atoms with Crippen molar-refractivity contribution in [3.63, 3.8) is 0 Å². The number of para-hydroxylation sites is 1. The van der Waals surface area contributed by atoms with Gasteiger partial charge in [0.1, 0.15) is 0 Å². The number of dihydropyridines is 1. The molecule has 27 heavy (non-hydrogen) atoms. The molecule has 146 valence electrons. The number of nitrogens with zero attached hydrogens (tertiary/aromatic N) is 1. The van der Waals surface area contributed by atoms with Gasteiger partial charge in [-0.1, -0.05) is 18.2 Å². The average Bonchev–Trinajstić information content (AvgIpc) is 2.59. The average molecular weight is 412 g/mol. The number of nitro groups is 1. The lowest BCUT2D eigenvalue weighted by Gasteiger charge is -2.31. The molecule has 0 aromatic heterocycles. The highest BCUT2D eigenvalue weighted by Gasteiger charge is 2.41. The largest absolute Gasteiger partial charge is 0.466 e. The van der Waals surface area contributed by atoms with Gasteiger partial charge in [-0.15, -0.1) is 0 Å². The molecule has 8 nitrogen and oxygen atoms in total. The van der Waals surface area contributed by atoms with E-state index in [1.807, 2.05) is 6.26 Å². The van der Waals surface area contributed by atoms with Crippen LogP contribution in [0.1, 0.15) is 18.4 Å². The molecule has 1 aliphatic heterocycles. The molecule has 0 spiro atoms. The zero-order valence-corrected chi connectivity index (χ0v) is 16.9. The van der Waals surface area contributed by atoms with E-state index in [-0.39, 0.29) is 21.7 Å². The molecule has 2 rings (SSSR count). The van der Waals surface area contributed by atoms with E-state index < -0.39 is 26.6 Å². The second-order valence-electron chi connectivity index (χ2n) is 5.95. The van der Waals surface area contributed by atoms with Crippen LogP contribution in [0.3, 0.4) is 0 Å². The van der Waals surface area contributed by atoms with E-state index in [0.717, 1.165) is 6.26 Å². The van der Waals surface area contributed by atoms with Gasteiger partial charge in [0.15, 0.2) is 9.84 Å². The minimum atomic E-state index is -3.78. The summed E-state index contributed by atoms with van der Waals surface area (Å²) in [4.78, 5) is 23.5. The summed E-state index contributed by atoms with van der Waals surface area (Å²) in [6, 6.07) is 5.81. The number of nitrogens with one attached hydrogen (secondary N) is 1. The molecular formula is C17H20N2O6S2. The molecule has 1 heterocycles. The summed E-state index contributed by atoms with van der Waals surface area (Å²) in [6.45, 7) is 1.58. The van der Waals surface area contributed by atoms with Gasteiger partial charge in [-0.25, -0.2) is 13.2 Å². The lowest BCUT2D eigenvalue weighted by molar-refractivity contribution is -0.385. The number of methoxy groups -OCH3 is 1. The molecule has 0 saturated heterocycles. The van der Waals surface area contributed by atoms with Crippen LogP contribution in [-0.2, 0) is 19.4 Å². The standard InChI is InChI=1S/C17H20N2O6S2/c1-10-16(27(4,23)24)14(11-7-5-6-8-13(11)19(21)22)15(17(20)25-2)12(18-10)9-26-3/h5-8,14,18H,9H2,1-4H3. The van der Waals surface area contributed by atoms with Crippen molar-refractivity contribution < 1.29 is 22.9 Å². The normalized spacial score (nSPS) is 17.6. The minimum absolute atomic E-state index is 0.0622. The summed E-state index contributed by atoms with van der Waals surface area (Å²) in [5, 5.41) is 14.5. The Hall–Kier alpha value is -2.33. The molecule has 10 heteroatoms. The Labute approximate surface area is 161 Å². The third kappa shape index (κ3) is 4.16. The quantitative estimate of drug-likeness (QED) is 0.430. The minimum Gasteiger partial charge on any atom is -0.466 e. The van der Waals surface area contributed by atoms with E-state index >= 15 is 0 Å². The van der Waals surface area contributed by atoms with Crippen LogP contribution in [0.4, 0.5) is 5.69 Å². The second kappa shape index (κ2) is 8.13. The van der Waals surface area contributed by atoms with E-state index in [1.165, 1.54) is 37.1 Å². The maximum Gasteiger partial charge on any atom is 0.336 e. The molecule has 1 atom stereocenters. The van der Waals surface area contributed by atoms with Crippen molar-refractivity contribution in [1.82, 2.24) is 5.32 Å². The fourth-order valence-corrected chi connectivity index (χ4v) is 4.97. The van der Waals surface area contributed by atoms with E-state index in [2.05, 4.69) is 5.32 Å². The maximum atomic E-state index is 12.6. The number of sulfone groups is 1. The van der Waals surface area contributed by atoms with Crippen molar-refractivity contribution in [2.75, 3.05) is 25.4 Å². The van der Waals surface area contributed by atoms with Gasteiger partial charge in [-0.05, 0) is 13.2 Å². The Morgan fingerprint density at radius 2 is 2.00 bits per heavy atom. The summed E-state index contributed by atoms with van der Waals surface area (Å²) >= 11 is 1.42. The van der Waals surface area contributed by atoms with Crippen LogP contribution < -0.4 is 5.32 Å². The van der Waals surface area contributed by atoms with E-state index in [1.54, 1.807) is 13.0 Å². The van der Waals surface area contributed by atoms with Crippen molar-refractivity contribution in [2.24, 2.45) is 0 Å².